The third-order valence-electron chi connectivity index (χ3n) is 5.73. The van der Waals surface area contributed by atoms with Crippen LogP contribution in [0.1, 0.15) is 35.9 Å². The first-order chi connectivity index (χ1) is 13.9. The van der Waals surface area contributed by atoms with Crippen molar-refractivity contribution in [3.8, 4) is 0 Å². The summed E-state index contributed by atoms with van der Waals surface area (Å²) in [5.74, 6) is 3.32. The smallest absolute Gasteiger partial charge is 0.208 e. The van der Waals surface area contributed by atoms with E-state index in [-0.39, 0.29) is 24.0 Å². The van der Waals surface area contributed by atoms with E-state index in [9.17, 15) is 0 Å². The van der Waals surface area contributed by atoms with Gasteiger partial charge in [0.15, 0.2) is 5.96 Å². The van der Waals surface area contributed by atoms with Crippen LogP contribution >= 0.6 is 35.6 Å². The van der Waals surface area contributed by atoms with E-state index < -0.39 is 0 Å². The fourth-order valence-electron chi connectivity index (χ4n) is 3.81. The first kappa shape index (κ1) is 25.0. The predicted octanol–water partition coefficient (Wildman–Crippen LogP) is 3.82. The summed E-state index contributed by atoms with van der Waals surface area (Å²) in [5.41, 5.74) is 2.15. The van der Waals surface area contributed by atoms with E-state index >= 15 is 0 Å². The van der Waals surface area contributed by atoms with Gasteiger partial charge in [0.05, 0.1) is 23.8 Å². The lowest BCUT2D eigenvalue weighted by Crippen LogP contribution is -2.43. The molecule has 7 nitrogen and oxygen atoms in total. The normalized spacial score (nSPS) is 15.9. The van der Waals surface area contributed by atoms with Crippen LogP contribution in [-0.2, 0) is 20.1 Å². The average molecular weight is 549 g/mol. The molecule has 0 amide bonds. The highest BCUT2D eigenvalue weighted by Crippen LogP contribution is 2.19. The number of nitrogens with one attached hydrogen (secondary N) is 1. The maximum atomic E-state index is 6.10. The van der Waals surface area contributed by atoms with Crippen LogP contribution < -0.4 is 5.32 Å². The molecular weight excluding hydrogens is 515 g/mol. The highest BCUT2D eigenvalue weighted by atomic mass is 127. The Labute approximate surface area is 201 Å². The maximum absolute atomic E-state index is 6.10. The molecule has 0 bridgehead atoms. The van der Waals surface area contributed by atoms with Crippen molar-refractivity contribution >= 4 is 41.5 Å². The SMILES string of the molecule is CN=C(NCC1CCN(Cc2nc(C)c(C)o2)CC1)N(C)Cc1cc(Cl)cn1C.I. The van der Waals surface area contributed by atoms with E-state index in [1.807, 2.05) is 40.2 Å². The van der Waals surface area contributed by atoms with E-state index in [1.165, 1.54) is 12.8 Å². The molecule has 0 aliphatic carbocycles. The van der Waals surface area contributed by atoms with Crippen molar-refractivity contribution in [3.63, 3.8) is 0 Å². The Morgan fingerprint density at radius 3 is 2.60 bits per heavy atom. The minimum absolute atomic E-state index is 0. The Hall–Kier alpha value is -1.26. The third kappa shape index (κ3) is 6.62. The van der Waals surface area contributed by atoms with Gasteiger partial charge in [0.1, 0.15) is 5.76 Å². The zero-order valence-corrected chi connectivity index (χ0v) is 21.7. The van der Waals surface area contributed by atoms with Gasteiger partial charge in [0, 0.05) is 39.6 Å². The summed E-state index contributed by atoms with van der Waals surface area (Å²) < 4.78 is 7.78. The lowest BCUT2D eigenvalue weighted by molar-refractivity contribution is 0.163. The second-order valence-corrected chi connectivity index (χ2v) is 8.45. The number of aromatic nitrogens is 2. The third-order valence-corrected chi connectivity index (χ3v) is 5.94. The van der Waals surface area contributed by atoms with Crippen LogP contribution in [-0.4, -0.2) is 59.0 Å². The quantitative estimate of drug-likeness (QED) is 0.338. The molecule has 0 spiro atoms. The standard InChI is InChI=1S/C21H33ClN6O.HI/c1-15-16(2)29-20(25-15)14-28-8-6-17(7-9-28)11-24-21(23-3)27(5)13-19-10-18(22)12-26(19)4;/h10,12,17H,6-9,11,13-14H2,1-5H3,(H,23,24);1H. The molecule has 0 radical (unpaired) electrons. The molecule has 0 saturated carbocycles. The fraction of sp³-hybridized carbons (Fsp3) is 0.619. The minimum atomic E-state index is 0. The van der Waals surface area contributed by atoms with Crippen LogP contribution in [0.4, 0.5) is 0 Å². The molecule has 168 valence electrons. The van der Waals surface area contributed by atoms with Crippen molar-refractivity contribution in [3.05, 3.63) is 40.3 Å². The van der Waals surface area contributed by atoms with Crippen molar-refractivity contribution in [1.29, 1.82) is 0 Å². The lowest BCUT2D eigenvalue weighted by atomic mass is 9.97. The van der Waals surface area contributed by atoms with Gasteiger partial charge in [0.25, 0.3) is 0 Å². The number of oxazole rings is 1. The predicted molar refractivity (Wildman–Crippen MR) is 133 cm³/mol. The molecule has 2 aromatic heterocycles. The number of aliphatic imine (C=N–C) groups is 1. The zero-order valence-electron chi connectivity index (χ0n) is 18.6. The van der Waals surface area contributed by atoms with E-state index in [1.54, 1.807) is 0 Å². The summed E-state index contributed by atoms with van der Waals surface area (Å²) in [5, 5.41) is 4.31. The van der Waals surface area contributed by atoms with Crippen molar-refractivity contribution in [1.82, 2.24) is 24.7 Å². The molecule has 9 heteroatoms. The molecule has 30 heavy (non-hydrogen) atoms. The average Bonchev–Trinajstić information content (AvgIpc) is 3.16. The van der Waals surface area contributed by atoms with Gasteiger partial charge in [-0.25, -0.2) is 4.98 Å². The van der Waals surface area contributed by atoms with Gasteiger partial charge >= 0.3 is 0 Å². The summed E-state index contributed by atoms with van der Waals surface area (Å²) in [7, 11) is 5.90. The number of rotatable bonds is 6. The summed E-state index contributed by atoms with van der Waals surface area (Å²) in [4.78, 5) is 13.5. The molecule has 0 atom stereocenters. The van der Waals surface area contributed by atoms with Crippen LogP contribution in [0.3, 0.4) is 0 Å². The Bertz CT molecular complexity index is 821. The first-order valence-electron chi connectivity index (χ1n) is 10.2. The molecule has 0 aromatic carbocycles. The second kappa shape index (κ2) is 11.4. The van der Waals surface area contributed by atoms with Gasteiger partial charge in [0.2, 0.25) is 5.89 Å². The molecule has 0 unspecified atom stereocenters. The molecular formula is C21H34ClIN6O. The Morgan fingerprint density at radius 1 is 1.37 bits per heavy atom. The van der Waals surface area contributed by atoms with Gasteiger partial charge in [-0.3, -0.25) is 9.89 Å². The van der Waals surface area contributed by atoms with E-state index in [2.05, 4.69) is 36.7 Å². The topological polar surface area (TPSA) is 61.8 Å². The van der Waals surface area contributed by atoms with Gasteiger partial charge in [-0.05, 0) is 51.8 Å². The molecule has 1 saturated heterocycles. The van der Waals surface area contributed by atoms with Crippen molar-refractivity contribution in [2.24, 2.45) is 18.0 Å². The number of hydrogen-bond donors (Lipinski definition) is 1. The number of aryl methyl sites for hydroxylation is 3. The first-order valence-corrected chi connectivity index (χ1v) is 10.6. The Balaban J connectivity index is 0.00000320. The fourth-order valence-corrected chi connectivity index (χ4v) is 4.08. The highest BCUT2D eigenvalue weighted by molar-refractivity contribution is 14.0. The molecule has 1 fully saturated rings. The summed E-state index contributed by atoms with van der Waals surface area (Å²) >= 11 is 6.10. The Kier molecular flexibility index (Phi) is 9.49. The summed E-state index contributed by atoms with van der Waals surface area (Å²) in [6, 6.07) is 2.00. The monoisotopic (exact) mass is 548 g/mol. The number of nitrogens with zero attached hydrogens (tertiary/aromatic N) is 5. The van der Waals surface area contributed by atoms with Gasteiger partial charge in [-0.1, -0.05) is 11.6 Å². The molecule has 3 heterocycles. The lowest BCUT2D eigenvalue weighted by Gasteiger charge is -2.32. The number of piperidine rings is 1. The largest absolute Gasteiger partial charge is 0.444 e. The zero-order chi connectivity index (χ0) is 21.0. The van der Waals surface area contributed by atoms with E-state index in [0.29, 0.717) is 5.92 Å². The summed E-state index contributed by atoms with van der Waals surface area (Å²) in [6.07, 6.45) is 4.26. The van der Waals surface area contributed by atoms with Crippen LogP contribution in [0.2, 0.25) is 5.02 Å². The van der Waals surface area contributed by atoms with Gasteiger partial charge in [-0.15, -0.1) is 24.0 Å². The number of halogens is 2. The van der Waals surface area contributed by atoms with Crippen molar-refractivity contribution < 1.29 is 4.42 Å². The van der Waals surface area contributed by atoms with Crippen molar-refractivity contribution in [2.75, 3.05) is 33.7 Å². The summed E-state index contributed by atoms with van der Waals surface area (Å²) in [6.45, 7) is 8.62. The molecule has 1 aliphatic rings. The Morgan fingerprint density at radius 2 is 2.07 bits per heavy atom. The van der Waals surface area contributed by atoms with E-state index in [0.717, 1.165) is 66.7 Å². The maximum Gasteiger partial charge on any atom is 0.208 e. The van der Waals surface area contributed by atoms with Gasteiger partial charge in [-0.2, -0.15) is 0 Å². The van der Waals surface area contributed by atoms with Gasteiger partial charge < -0.3 is 19.2 Å². The number of guanidine groups is 1. The van der Waals surface area contributed by atoms with Crippen LogP contribution in [0.15, 0.2) is 21.7 Å². The molecule has 1 N–H and O–H groups in total. The van der Waals surface area contributed by atoms with Crippen LogP contribution in [0.25, 0.3) is 0 Å². The van der Waals surface area contributed by atoms with Crippen LogP contribution in [0, 0.1) is 19.8 Å². The number of likely N-dealkylation sites (tertiary alicyclic amines) is 1. The second-order valence-electron chi connectivity index (χ2n) is 8.01. The number of hydrogen-bond acceptors (Lipinski definition) is 4. The van der Waals surface area contributed by atoms with Crippen LogP contribution in [0.5, 0.6) is 0 Å². The van der Waals surface area contributed by atoms with Crippen molar-refractivity contribution in [2.45, 2.75) is 39.8 Å². The molecule has 3 rings (SSSR count). The minimum Gasteiger partial charge on any atom is -0.444 e. The van der Waals surface area contributed by atoms with E-state index in [4.69, 9.17) is 16.0 Å². The highest BCUT2D eigenvalue weighted by Gasteiger charge is 2.21. The molecule has 2 aromatic rings. The molecule has 1 aliphatic heterocycles.